The molecule has 1 heterocycles. The highest BCUT2D eigenvalue weighted by Gasteiger charge is 2.24. The van der Waals surface area contributed by atoms with Gasteiger partial charge in [0.2, 0.25) is 5.88 Å². The fraction of sp³-hybridized carbons (Fsp3) is 0.370. The topological polar surface area (TPSA) is 69.0 Å². The second kappa shape index (κ2) is 12.2. The molecule has 7 nitrogen and oxygen atoms in total. The van der Waals surface area contributed by atoms with Gasteiger partial charge < -0.3 is 19.3 Å². The lowest BCUT2D eigenvalue weighted by molar-refractivity contribution is 0.0191. The number of ether oxygens (including phenoxy) is 3. The number of hydrogen-bond acceptors (Lipinski definition) is 6. The molecule has 34 heavy (non-hydrogen) atoms. The normalized spacial score (nSPS) is 12.1. The number of terminal acetylenes is 1. The van der Waals surface area contributed by atoms with E-state index in [1.54, 1.807) is 11.8 Å². The van der Waals surface area contributed by atoms with Crippen LogP contribution in [-0.4, -0.2) is 58.8 Å². The molecule has 0 fully saturated rings. The van der Waals surface area contributed by atoms with Crippen LogP contribution in [0.25, 0.3) is 11.3 Å². The minimum absolute atomic E-state index is 0.167. The van der Waals surface area contributed by atoms with E-state index in [9.17, 15) is 5.11 Å². The molecule has 0 saturated heterocycles. The molecule has 0 aliphatic carbocycles. The van der Waals surface area contributed by atoms with E-state index in [4.69, 9.17) is 25.7 Å². The van der Waals surface area contributed by atoms with E-state index >= 15 is 0 Å². The lowest BCUT2D eigenvalue weighted by Gasteiger charge is -2.29. The molecule has 3 aromatic rings. The number of aliphatic hydroxyl groups is 1. The van der Waals surface area contributed by atoms with E-state index in [-0.39, 0.29) is 19.3 Å². The summed E-state index contributed by atoms with van der Waals surface area (Å²) in [5.74, 6) is 4.51. The molecule has 3 rings (SSSR count). The Kier molecular flexibility index (Phi) is 9.11. The van der Waals surface area contributed by atoms with Crippen LogP contribution in [0.5, 0.6) is 17.4 Å². The zero-order chi connectivity index (χ0) is 24.5. The van der Waals surface area contributed by atoms with Gasteiger partial charge in [-0.3, -0.25) is 4.90 Å². The van der Waals surface area contributed by atoms with E-state index in [0.29, 0.717) is 24.7 Å². The summed E-state index contributed by atoms with van der Waals surface area (Å²) in [6.45, 7) is 5.51. The third kappa shape index (κ3) is 6.61. The van der Waals surface area contributed by atoms with Crippen LogP contribution in [0, 0.1) is 12.3 Å². The molecule has 0 saturated carbocycles. The van der Waals surface area contributed by atoms with Crippen molar-refractivity contribution in [1.82, 2.24) is 14.7 Å². The SMILES string of the molecule is C#CCOC[C@H](O)CN(Cc1c(-c2ccccc2)nn(C)c1Oc1ccc(OC)cc1)C(C)C. The summed E-state index contributed by atoms with van der Waals surface area (Å²) in [6.07, 6.45) is 4.57. The van der Waals surface area contributed by atoms with E-state index < -0.39 is 6.10 Å². The summed E-state index contributed by atoms with van der Waals surface area (Å²) in [7, 11) is 3.50. The molecule has 0 bridgehead atoms. The van der Waals surface area contributed by atoms with Gasteiger partial charge in [0.25, 0.3) is 0 Å². The quantitative estimate of drug-likeness (QED) is 0.322. The van der Waals surface area contributed by atoms with Crippen molar-refractivity contribution in [1.29, 1.82) is 0 Å². The van der Waals surface area contributed by atoms with Crippen molar-refractivity contribution >= 4 is 0 Å². The van der Waals surface area contributed by atoms with Crippen molar-refractivity contribution in [3.05, 3.63) is 60.2 Å². The van der Waals surface area contributed by atoms with Gasteiger partial charge in [-0.05, 0) is 38.1 Å². The first-order valence-electron chi connectivity index (χ1n) is 11.3. The van der Waals surface area contributed by atoms with Crippen LogP contribution in [-0.2, 0) is 18.3 Å². The molecule has 0 aliphatic rings. The molecule has 1 N–H and O–H groups in total. The Morgan fingerprint density at radius 1 is 1.09 bits per heavy atom. The molecule has 0 aliphatic heterocycles. The zero-order valence-corrected chi connectivity index (χ0v) is 20.3. The monoisotopic (exact) mass is 463 g/mol. The van der Waals surface area contributed by atoms with Gasteiger partial charge in [0, 0.05) is 31.7 Å². The largest absolute Gasteiger partial charge is 0.497 e. The lowest BCUT2D eigenvalue weighted by Crippen LogP contribution is -2.39. The molecule has 1 atom stereocenters. The molecule has 1 aromatic heterocycles. The highest BCUT2D eigenvalue weighted by Crippen LogP contribution is 2.35. The van der Waals surface area contributed by atoms with Crippen molar-refractivity contribution in [2.45, 2.75) is 32.5 Å². The Hall–Kier alpha value is -3.31. The predicted octanol–water partition coefficient (Wildman–Crippen LogP) is 4.11. The third-order valence-electron chi connectivity index (χ3n) is 5.44. The maximum absolute atomic E-state index is 10.5. The Bertz CT molecular complexity index is 1070. The number of nitrogens with zero attached hydrogens (tertiary/aromatic N) is 3. The average Bonchev–Trinajstić information content (AvgIpc) is 3.14. The maximum atomic E-state index is 10.5. The van der Waals surface area contributed by atoms with Crippen LogP contribution in [0.1, 0.15) is 19.4 Å². The Balaban J connectivity index is 1.93. The number of rotatable bonds is 12. The molecule has 0 radical (unpaired) electrons. The van der Waals surface area contributed by atoms with Gasteiger partial charge in [-0.1, -0.05) is 36.3 Å². The van der Waals surface area contributed by atoms with Crippen LogP contribution in [0.15, 0.2) is 54.6 Å². The van der Waals surface area contributed by atoms with Gasteiger partial charge in [-0.25, -0.2) is 4.68 Å². The maximum Gasteiger partial charge on any atom is 0.222 e. The summed E-state index contributed by atoms with van der Waals surface area (Å²) in [4.78, 5) is 2.17. The van der Waals surface area contributed by atoms with Gasteiger partial charge in [0.1, 0.15) is 23.8 Å². The minimum atomic E-state index is -0.668. The smallest absolute Gasteiger partial charge is 0.222 e. The zero-order valence-electron chi connectivity index (χ0n) is 20.3. The molecule has 0 amide bonds. The minimum Gasteiger partial charge on any atom is -0.497 e. The number of aliphatic hydroxyl groups excluding tert-OH is 1. The van der Waals surface area contributed by atoms with Crippen LogP contribution in [0.4, 0.5) is 0 Å². The average molecular weight is 464 g/mol. The second-order valence-corrected chi connectivity index (χ2v) is 8.30. The molecule has 7 heteroatoms. The number of aryl methyl sites for hydroxylation is 1. The third-order valence-corrected chi connectivity index (χ3v) is 5.44. The number of hydrogen-bond donors (Lipinski definition) is 1. The summed E-state index contributed by atoms with van der Waals surface area (Å²) in [6, 6.07) is 17.6. The van der Waals surface area contributed by atoms with E-state index in [1.165, 1.54) is 0 Å². The van der Waals surface area contributed by atoms with Gasteiger partial charge in [0.05, 0.1) is 25.4 Å². The first-order valence-corrected chi connectivity index (χ1v) is 11.3. The Morgan fingerprint density at radius 2 is 1.76 bits per heavy atom. The van der Waals surface area contributed by atoms with Gasteiger partial charge in [0.15, 0.2) is 0 Å². The van der Waals surface area contributed by atoms with E-state index in [1.807, 2.05) is 61.6 Å². The number of aromatic nitrogens is 2. The summed E-state index contributed by atoms with van der Waals surface area (Å²) >= 11 is 0. The van der Waals surface area contributed by atoms with Gasteiger partial charge >= 0.3 is 0 Å². The second-order valence-electron chi connectivity index (χ2n) is 8.30. The summed E-state index contributed by atoms with van der Waals surface area (Å²) < 4.78 is 18.7. The van der Waals surface area contributed by atoms with Gasteiger partial charge in [-0.15, -0.1) is 6.42 Å². The molecular formula is C27H33N3O4. The Labute approximate surface area is 201 Å². The van der Waals surface area contributed by atoms with Gasteiger partial charge in [-0.2, -0.15) is 5.10 Å². The van der Waals surface area contributed by atoms with Crippen LogP contribution in [0.2, 0.25) is 0 Å². The van der Waals surface area contributed by atoms with Crippen molar-refractivity contribution in [2.75, 3.05) is 26.9 Å². The van der Waals surface area contributed by atoms with Crippen molar-refractivity contribution in [3.63, 3.8) is 0 Å². The number of benzene rings is 2. The standard InChI is InChI=1S/C27H33N3O4/c1-6-16-33-19-22(31)17-30(20(2)3)18-25-26(21-10-8-7-9-11-21)28-29(4)27(25)34-24-14-12-23(32-5)13-15-24/h1,7-15,20,22,31H,16-19H2,2-5H3/t22-/m1/s1. The molecule has 180 valence electrons. The molecule has 0 spiro atoms. The van der Waals surface area contributed by atoms with E-state index in [2.05, 4.69) is 24.7 Å². The fourth-order valence-corrected chi connectivity index (χ4v) is 3.64. The first-order chi connectivity index (χ1) is 16.4. The molecule has 0 unspecified atom stereocenters. The van der Waals surface area contributed by atoms with Crippen molar-refractivity contribution < 1.29 is 19.3 Å². The van der Waals surface area contributed by atoms with Crippen LogP contribution in [0.3, 0.4) is 0 Å². The number of methoxy groups -OCH3 is 1. The first kappa shape index (κ1) is 25.3. The summed E-state index contributed by atoms with van der Waals surface area (Å²) in [5, 5.41) is 15.3. The summed E-state index contributed by atoms with van der Waals surface area (Å²) in [5.41, 5.74) is 2.78. The fourth-order valence-electron chi connectivity index (χ4n) is 3.64. The molecule has 2 aromatic carbocycles. The highest BCUT2D eigenvalue weighted by atomic mass is 16.5. The van der Waals surface area contributed by atoms with Crippen LogP contribution >= 0.6 is 0 Å². The van der Waals surface area contributed by atoms with Crippen LogP contribution < -0.4 is 9.47 Å². The molecular weight excluding hydrogens is 430 g/mol. The Morgan fingerprint density at radius 3 is 2.38 bits per heavy atom. The highest BCUT2D eigenvalue weighted by molar-refractivity contribution is 5.65. The van der Waals surface area contributed by atoms with Crippen molar-refractivity contribution in [3.8, 4) is 41.0 Å². The van der Waals surface area contributed by atoms with E-state index in [0.717, 1.165) is 22.6 Å². The van der Waals surface area contributed by atoms with Crippen molar-refractivity contribution in [2.24, 2.45) is 7.05 Å². The predicted molar refractivity (Wildman–Crippen MR) is 133 cm³/mol. The lowest BCUT2D eigenvalue weighted by atomic mass is 10.1.